The number of furan rings is 4. The highest BCUT2D eigenvalue weighted by Gasteiger charge is 2.33. The van der Waals surface area contributed by atoms with Crippen molar-refractivity contribution in [2.24, 2.45) is 0 Å². The molecule has 7 heterocycles. The van der Waals surface area contributed by atoms with Crippen LogP contribution in [0.4, 0.5) is 5.69 Å². The Morgan fingerprint density at radius 2 is 0.591 bits per heavy atom. The van der Waals surface area contributed by atoms with Gasteiger partial charge in [0.2, 0.25) is 5.69 Å². The zero-order valence-corrected chi connectivity index (χ0v) is 58.6. The number of hydrogen-bond acceptors (Lipinski definition) is 7. The van der Waals surface area contributed by atoms with Crippen LogP contribution < -0.4 is 0 Å². The average Bonchev–Trinajstić information content (AvgIpc) is 1.51. The lowest BCUT2D eigenvalue weighted by Crippen LogP contribution is -2.08. The molecule has 10 heteroatoms. The van der Waals surface area contributed by atoms with E-state index in [4.69, 9.17) is 37.5 Å². The quantitative estimate of drug-likeness (QED) is 0.126. The summed E-state index contributed by atoms with van der Waals surface area (Å²) in [5.74, 6) is 1.14. The van der Waals surface area contributed by atoms with Crippen molar-refractivity contribution in [2.45, 2.75) is 0 Å². The van der Waals surface area contributed by atoms with Crippen molar-refractivity contribution >= 4 is 137 Å². The van der Waals surface area contributed by atoms with Gasteiger partial charge in [0, 0.05) is 76.1 Å². The topological polar surface area (TPSA) is 105 Å². The third-order valence-electron chi connectivity index (χ3n) is 22.2. The Morgan fingerprint density at radius 1 is 0.236 bits per heavy atom. The first-order valence-electron chi connectivity index (χ1n) is 36.8. The molecule has 16 aromatic carbocycles. The molecule has 0 fully saturated rings. The van der Waals surface area contributed by atoms with E-state index in [0.29, 0.717) is 51.3 Å². The minimum atomic E-state index is 0.325. The van der Waals surface area contributed by atoms with Crippen LogP contribution in [0.2, 0.25) is 0 Å². The fourth-order valence-corrected chi connectivity index (χ4v) is 17.3. The molecule has 7 aromatic heterocycles. The smallest absolute Gasteiger partial charge is 0.212 e. The molecule has 0 N–H and O–H groups in total. The van der Waals surface area contributed by atoms with E-state index >= 15 is 0 Å². The molecule has 10 nitrogen and oxygen atoms in total. The molecule has 0 bridgehead atoms. The van der Waals surface area contributed by atoms with Gasteiger partial charge in [-0.3, -0.25) is 0 Å². The molecule has 0 radical (unpaired) electrons. The predicted molar refractivity (Wildman–Crippen MR) is 447 cm³/mol. The van der Waals surface area contributed by atoms with E-state index in [1.54, 1.807) is 0 Å². The van der Waals surface area contributed by atoms with Gasteiger partial charge in [-0.25, -0.2) is 19.8 Å². The highest BCUT2D eigenvalue weighted by molar-refractivity contribution is 6.27. The lowest BCUT2D eigenvalue weighted by atomic mass is 9.94. The summed E-state index contributed by atoms with van der Waals surface area (Å²) in [7, 11) is 0. The first-order chi connectivity index (χ1) is 54.5. The third-order valence-corrected chi connectivity index (χ3v) is 22.2. The molecule has 0 saturated carbocycles. The molecular formula is C100H56N6O4. The maximum Gasteiger partial charge on any atom is 0.212 e. The second kappa shape index (κ2) is 23.9. The SMILES string of the molecule is [C-]#[N+]c1cc(-c2nc(-c3cccc4oc5ccccc5c34)nc(-c3cccc4oc5ccccc5c34)n2)c(-n2c3ccc(-c4ccccc4)cc3c3c4oc5ccc(-c6ccccc6)cc5c4ccc32)c(-c2ccccc2)c1-n1c2ccc(-c3ccccc3)cc2c2c3oc4ccc(-c5ccccc5)cc4c3ccc21. The fraction of sp³-hybridized carbons (Fsp3) is 0. The number of hydrogen-bond donors (Lipinski definition) is 0. The van der Waals surface area contributed by atoms with Crippen LogP contribution in [-0.2, 0) is 0 Å². The number of nitrogens with zero attached hydrogens (tertiary/aromatic N) is 6. The summed E-state index contributed by atoms with van der Waals surface area (Å²) in [6, 6.07) is 118. The van der Waals surface area contributed by atoms with Gasteiger partial charge < -0.3 is 26.8 Å². The summed E-state index contributed by atoms with van der Waals surface area (Å²) in [6.45, 7) is 9.94. The second-order valence-electron chi connectivity index (χ2n) is 28.3. The van der Waals surface area contributed by atoms with E-state index in [0.717, 1.165) is 187 Å². The van der Waals surface area contributed by atoms with E-state index < -0.39 is 0 Å². The van der Waals surface area contributed by atoms with Crippen LogP contribution in [-0.4, -0.2) is 24.1 Å². The van der Waals surface area contributed by atoms with Crippen LogP contribution in [0.25, 0.3) is 237 Å². The molecule has 0 spiro atoms. The normalized spacial score (nSPS) is 12.0. The molecule has 0 aliphatic heterocycles. The number of para-hydroxylation sites is 2. The average molecular weight is 1410 g/mol. The Labute approximate surface area is 627 Å². The number of benzene rings is 16. The lowest BCUT2D eigenvalue weighted by molar-refractivity contribution is 0.668. The van der Waals surface area contributed by atoms with E-state index in [2.05, 4.69) is 270 Å². The monoisotopic (exact) mass is 1400 g/mol. The zero-order chi connectivity index (χ0) is 72.2. The van der Waals surface area contributed by atoms with Gasteiger partial charge in [0.15, 0.2) is 17.5 Å². The van der Waals surface area contributed by atoms with E-state index in [-0.39, 0.29) is 0 Å². The largest absolute Gasteiger partial charge is 0.456 e. The molecule has 0 atom stereocenters. The Hall–Kier alpha value is -15.2. The first kappa shape index (κ1) is 61.2. The Kier molecular flexibility index (Phi) is 13.3. The van der Waals surface area contributed by atoms with Crippen LogP contribution in [0, 0.1) is 6.57 Å². The van der Waals surface area contributed by atoms with Gasteiger partial charge in [-0.05, 0) is 153 Å². The predicted octanol–water partition coefficient (Wildman–Crippen LogP) is 27.6. The van der Waals surface area contributed by atoms with Crippen LogP contribution in [0.1, 0.15) is 0 Å². The summed E-state index contributed by atoms with van der Waals surface area (Å²) >= 11 is 0. The van der Waals surface area contributed by atoms with Crippen LogP contribution in [0.15, 0.2) is 357 Å². The Balaban J connectivity index is 0.901. The van der Waals surface area contributed by atoms with E-state index in [9.17, 15) is 6.57 Å². The number of rotatable bonds is 10. The molecule has 23 rings (SSSR count). The molecule has 0 unspecified atom stereocenters. The standard InChI is InChI=1S/C100H56N6O4/c1-101-78-57-77(100-103-98(71-35-21-39-87-90(71)69-33-17-19-37-83(69)107-87)102-99(104-100)72-36-22-40-88-91(72)70-34-18-20-38-84(70)108-88)94(105-79-47-41-63(58-23-7-2-8-24-58)55-75(79)92-81(105)49-45-67-73-53-65(60-27-11-4-12-28-60)43-51-85(73)109-96(67)92)89(62-31-15-6-16-32-62)95(78)106-80-48-42-64(59-25-9-3-10-26-59)56-76(80)93-82(106)50-46-68-74-54-66(61-29-13-5-14-30-61)44-52-86(74)110-97(68)93/h2-57H. The van der Waals surface area contributed by atoms with Crippen LogP contribution >= 0.6 is 0 Å². The van der Waals surface area contributed by atoms with Crippen LogP contribution in [0.3, 0.4) is 0 Å². The third kappa shape index (κ3) is 9.25. The van der Waals surface area contributed by atoms with Gasteiger partial charge in [0.25, 0.3) is 0 Å². The minimum Gasteiger partial charge on any atom is -0.456 e. The molecule has 510 valence electrons. The van der Waals surface area contributed by atoms with Gasteiger partial charge in [-0.1, -0.05) is 237 Å². The first-order valence-corrected chi connectivity index (χ1v) is 36.8. The van der Waals surface area contributed by atoms with Crippen molar-refractivity contribution < 1.29 is 17.7 Å². The van der Waals surface area contributed by atoms with Crippen molar-refractivity contribution in [1.29, 1.82) is 0 Å². The summed E-state index contributed by atoms with van der Waals surface area (Å²) in [6.07, 6.45) is 0. The number of aromatic nitrogens is 5. The van der Waals surface area contributed by atoms with Crippen molar-refractivity contribution in [3.63, 3.8) is 0 Å². The van der Waals surface area contributed by atoms with Gasteiger partial charge in [-0.15, -0.1) is 0 Å². The fourth-order valence-electron chi connectivity index (χ4n) is 17.3. The van der Waals surface area contributed by atoms with Crippen molar-refractivity contribution in [3.8, 4) is 101 Å². The molecule has 110 heavy (non-hydrogen) atoms. The molecular weight excluding hydrogens is 1350 g/mol. The van der Waals surface area contributed by atoms with E-state index in [1.807, 2.05) is 78.9 Å². The minimum absolute atomic E-state index is 0.325. The summed E-state index contributed by atoms with van der Waals surface area (Å²) in [5.41, 5.74) is 23.3. The highest BCUT2D eigenvalue weighted by atomic mass is 16.3. The molecule has 0 aliphatic rings. The highest BCUT2D eigenvalue weighted by Crippen LogP contribution is 2.54. The van der Waals surface area contributed by atoms with Crippen molar-refractivity contribution in [2.75, 3.05) is 0 Å². The van der Waals surface area contributed by atoms with Gasteiger partial charge in [-0.2, -0.15) is 0 Å². The summed E-state index contributed by atoms with van der Waals surface area (Å²) < 4.78 is 32.7. The molecule has 0 aliphatic carbocycles. The Bertz CT molecular complexity index is 7700. The summed E-state index contributed by atoms with van der Waals surface area (Å²) in [5, 5.41) is 11.3. The number of fused-ring (bicyclic) bond motifs is 20. The van der Waals surface area contributed by atoms with Crippen LogP contribution in [0.5, 0.6) is 0 Å². The molecule has 0 saturated heterocycles. The second-order valence-corrected chi connectivity index (χ2v) is 28.3. The maximum absolute atomic E-state index is 9.94. The van der Waals surface area contributed by atoms with Gasteiger partial charge in [0.05, 0.1) is 50.8 Å². The Morgan fingerprint density at radius 3 is 1.03 bits per heavy atom. The van der Waals surface area contributed by atoms with E-state index in [1.165, 1.54) is 0 Å². The molecule has 0 amide bonds. The molecule has 23 aromatic rings. The zero-order valence-electron chi connectivity index (χ0n) is 58.6. The maximum atomic E-state index is 9.94. The van der Waals surface area contributed by atoms with Crippen molar-refractivity contribution in [3.05, 3.63) is 351 Å². The lowest BCUT2D eigenvalue weighted by Gasteiger charge is -2.24. The van der Waals surface area contributed by atoms with Gasteiger partial charge in [0.1, 0.15) is 44.7 Å². The summed E-state index contributed by atoms with van der Waals surface area (Å²) in [4.78, 5) is 22.1. The van der Waals surface area contributed by atoms with Crippen molar-refractivity contribution in [1.82, 2.24) is 24.1 Å². The van der Waals surface area contributed by atoms with Gasteiger partial charge >= 0.3 is 0 Å².